The molecule has 0 fully saturated rings. The van der Waals surface area contributed by atoms with Gasteiger partial charge in [0.05, 0.1) is 11.3 Å². The summed E-state index contributed by atoms with van der Waals surface area (Å²) in [6.45, 7) is 1.94. The van der Waals surface area contributed by atoms with Crippen LogP contribution in [-0.2, 0) is 0 Å². The summed E-state index contributed by atoms with van der Waals surface area (Å²) in [6.07, 6.45) is 1.99. The number of aromatic nitrogens is 2. The average Bonchev–Trinajstić information content (AvgIpc) is 3.08. The lowest BCUT2D eigenvalue weighted by Crippen LogP contribution is -1.93. The fourth-order valence-electron chi connectivity index (χ4n) is 2.91. The minimum absolute atomic E-state index is 0.672. The Morgan fingerprint density at radius 1 is 0.833 bits per heavy atom. The molecule has 2 aromatic carbocycles. The van der Waals surface area contributed by atoms with Gasteiger partial charge in [-0.3, -0.25) is 0 Å². The number of benzene rings is 2. The zero-order valence-electron chi connectivity index (χ0n) is 13.3. The van der Waals surface area contributed by atoms with Crippen molar-refractivity contribution in [3.63, 3.8) is 0 Å². The van der Waals surface area contributed by atoms with E-state index in [1.807, 2.05) is 47.9 Å². The summed E-state index contributed by atoms with van der Waals surface area (Å²) >= 11 is 0. The van der Waals surface area contributed by atoms with Gasteiger partial charge in [-0.25, -0.2) is 4.98 Å². The van der Waals surface area contributed by atoms with Crippen LogP contribution in [0, 0.1) is 18.3 Å². The largest absolute Gasteiger partial charge is 0.302 e. The first-order valence-electron chi connectivity index (χ1n) is 7.81. The fourth-order valence-corrected chi connectivity index (χ4v) is 2.91. The highest BCUT2D eigenvalue weighted by Crippen LogP contribution is 2.25. The van der Waals surface area contributed by atoms with Crippen LogP contribution >= 0.6 is 0 Å². The number of imidazole rings is 1. The molecule has 3 heteroatoms. The van der Waals surface area contributed by atoms with Crippen LogP contribution < -0.4 is 0 Å². The second-order valence-corrected chi connectivity index (χ2v) is 5.74. The van der Waals surface area contributed by atoms with Gasteiger partial charge in [-0.05, 0) is 30.2 Å². The second kappa shape index (κ2) is 5.68. The lowest BCUT2D eigenvalue weighted by molar-refractivity contribution is 1.08. The van der Waals surface area contributed by atoms with Gasteiger partial charge in [0.2, 0.25) is 0 Å². The van der Waals surface area contributed by atoms with E-state index >= 15 is 0 Å². The van der Waals surface area contributed by atoms with Gasteiger partial charge < -0.3 is 4.40 Å². The van der Waals surface area contributed by atoms with E-state index in [0.717, 1.165) is 22.6 Å². The van der Waals surface area contributed by atoms with E-state index in [0.29, 0.717) is 5.56 Å². The molecule has 114 valence electrons. The number of rotatable bonds is 2. The molecule has 0 unspecified atom stereocenters. The van der Waals surface area contributed by atoms with Gasteiger partial charge >= 0.3 is 0 Å². The van der Waals surface area contributed by atoms with Gasteiger partial charge in [0.1, 0.15) is 11.7 Å². The van der Waals surface area contributed by atoms with Crippen molar-refractivity contribution in [3.05, 3.63) is 84.2 Å². The van der Waals surface area contributed by atoms with Crippen molar-refractivity contribution in [1.29, 1.82) is 5.26 Å². The molecule has 3 nitrogen and oxygen atoms in total. The monoisotopic (exact) mass is 309 g/mol. The summed E-state index contributed by atoms with van der Waals surface area (Å²) in [4.78, 5) is 4.68. The Bertz CT molecular complexity index is 1050. The van der Waals surface area contributed by atoms with Crippen LogP contribution in [0.4, 0.5) is 0 Å². The van der Waals surface area contributed by atoms with Crippen molar-refractivity contribution >= 4 is 5.65 Å². The number of aryl methyl sites for hydroxylation is 1. The number of hydrogen-bond donors (Lipinski definition) is 0. The highest BCUT2D eigenvalue weighted by atomic mass is 15.0. The molecule has 0 aliphatic rings. The normalized spacial score (nSPS) is 10.7. The predicted octanol–water partition coefficient (Wildman–Crippen LogP) is 4.85. The Balaban J connectivity index is 1.75. The Kier molecular flexibility index (Phi) is 3.36. The molecule has 0 radical (unpaired) electrons. The standard InChI is InChI=1S/C21H15N3/c1-15-19(13-22)11-12-21-23-20(14-24(15)21)18-9-7-17(8-10-18)16-5-3-2-4-6-16/h2-12,14H,1H3. The molecule has 24 heavy (non-hydrogen) atoms. The molecule has 0 aliphatic carbocycles. The van der Waals surface area contributed by atoms with Crippen LogP contribution in [-0.4, -0.2) is 9.38 Å². The zero-order valence-corrected chi connectivity index (χ0v) is 13.3. The Morgan fingerprint density at radius 2 is 1.50 bits per heavy atom. The third-order valence-corrected chi connectivity index (χ3v) is 4.29. The topological polar surface area (TPSA) is 41.1 Å². The molecule has 2 heterocycles. The SMILES string of the molecule is Cc1c(C#N)ccc2nc(-c3ccc(-c4ccccc4)cc3)cn12. The number of nitriles is 1. The molecule has 0 N–H and O–H groups in total. The van der Waals surface area contributed by atoms with E-state index in [2.05, 4.69) is 47.5 Å². The van der Waals surface area contributed by atoms with Gasteiger partial charge in [-0.15, -0.1) is 0 Å². The van der Waals surface area contributed by atoms with Crippen molar-refractivity contribution in [1.82, 2.24) is 9.38 Å². The number of hydrogen-bond acceptors (Lipinski definition) is 2. The summed E-state index contributed by atoms with van der Waals surface area (Å²) in [5.74, 6) is 0. The number of fused-ring (bicyclic) bond motifs is 1. The first-order chi connectivity index (χ1) is 11.8. The van der Waals surface area contributed by atoms with Crippen LogP contribution in [0.3, 0.4) is 0 Å². The molecule has 0 aliphatic heterocycles. The molecule has 4 aromatic rings. The van der Waals surface area contributed by atoms with E-state index in [1.54, 1.807) is 0 Å². The number of nitrogens with zero attached hydrogens (tertiary/aromatic N) is 3. The highest BCUT2D eigenvalue weighted by molar-refractivity contribution is 5.70. The third-order valence-electron chi connectivity index (χ3n) is 4.29. The third kappa shape index (κ3) is 2.35. The molecule has 0 bridgehead atoms. The van der Waals surface area contributed by atoms with Crippen molar-refractivity contribution in [3.8, 4) is 28.5 Å². The van der Waals surface area contributed by atoms with Crippen molar-refractivity contribution in [2.24, 2.45) is 0 Å². The maximum absolute atomic E-state index is 9.16. The van der Waals surface area contributed by atoms with E-state index in [1.165, 1.54) is 11.1 Å². The summed E-state index contributed by atoms with van der Waals surface area (Å²) in [7, 11) is 0. The Morgan fingerprint density at radius 3 is 2.21 bits per heavy atom. The van der Waals surface area contributed by atoms with E-state index in [-0.39, 0.29) is 0 Å². The van der Waals surface area contributed by atoms with E-state index in [4.69, 9.17) is 5.26 Å². The van der Waals surface area contributed by atoms with Gasteiger partial charge in [-0.1, -0.05) is 54.6 Å². The molecule has 0 spiro atoms. The van der Waals surface area contributed by atoms with Gasteiger partial charge in [-0.2, -0.15) is 5.26 Å². The molecule has 4 rings (SSSR count). The Labute approximate surface area is 140 Å². The summed E-state index contributed by atoms with van der Waals surface area (Å²) in [5.41, 5.74) is 6.80. The highest BCUT2D eigenvalue weighted by Gasteiger charge is 2.08. The smallest absolute Gasteiger partial charge is 0.137 e. The van der Waals surface area contributed by atoms with Crippen molar-refractivity contribution in [2.45, 2.75) is 6.92 Å². The molecule has 0 saturated heterocycles. The van der Waals surface area contributed by atoms with E-state index < -0.39 is 0 Å². The first-order valence-corrected chi connectivity index (χ1v) is 7.81. The zero-order chi connectivity index (χ0) is 16.5. The molecule has 0 amide bonds. The van der Waals surface area contributed by atoms with Crippen LogP contribution in [0.2, 0.25) is 0 Å². The second-order valence-electron chi connectivity index (χ2n) is 5.74. The lowest BCUT2D eigenvalue weighted by Gasteiger charge is -2.02. The van der Waals surface area contributed by atoms with Crippen LogP contribution in [0.5, 0.6) is 0 Å². The van der Waals surface area contributed by atoms with Crippen LogP contribution in [0.25, 0.3) is 28.0 Å². The first kappa shape index (κ1) is 14.2. The summed E-state index contributed by atoms with van der Waals surface area (Å²) < 4.78 is 1.97. The number of pyridine rings is 1. The lowest BCUT2D eigenvalue weighted by atomic mass is 10.0. The summed E-state index contributed by atoms with van der Waals surface area (Å²) in [6, 6.07) is 24.6. The van der Waals surface area contributed by atoms with Crippen LogP contribution in [0.1, 0.15) is 11.3 Å². The summed E-state index contributed by atoms with van der Waals surface area (Å²) in [5, 5.41) is 9.16. The average molecular weight is 309 g/mol. The fraction of sp³-hybridized carbons (Fsp3) is 0.0476. The van der Waals surface area contributed by atoms with Gasteiger partial charge in [0.15, 0.2) is 0 Å². The molecule has 2 aromatic heterocycles. The Hall–Kier alpha value is -3.38. The minimum Gasteiger partial charge on any atom is -0.302 e. The van der Waals surface area contributed by atoms with E-state index in [9.17, 15) is 0 Å². The molecular formula is C21H15N3. The maximum Gasteiger partial charge on any atom is 0.137 e. The molecule has 0 atom stereocenters. The van der Waals surface area contributed by atoms with Crippen molar-refractivity contribution < 1.29 is 0 Å². The maximum atomic E-state index is 9.16. The van der Waals surface area contributed by atoms with Gasteiger partial charge in [0.25, 0.3) is 0 Å². The quantitative estimate of drug-likeness (QED) is 0.531. The minimum atomic E-state index is 0.672. The molecule has 0 saturated carbocycles. The predicted molar refractivity (Wildman–Crippen MR) is 95.5 cm³/mol. The van der Waals surface area contributed by atoms with Crippen LogP contribution in [0.15, 0.2) is 72.9 Å². The van der Waals surface area contributed by atoms with Gasteiger partial charge in [0, 0.05) is 17.5 Å². The molecular weight excluding hydrogens is 294 g/mol. The van der Waals surface area contributed by atoms with Crippen molar-refractivity contribution in [2.75, 3.05) is 0 Å².